The Kier molecular flexibility index (Phi) is 10.3. The van der Waals surface area contributed by atoms with E-state index in [9.17, 15) is 0 Å². The first-order chi connectivity index (χ1) is 19.9. The zero-order valence-electron chi connectivity index (χ0n) is 22.5. The average molecular weight is 568 g/mol. The van der Waals surface area contributed by atoms with Crippen molar-refractivity contribution in [3.05, 3.63) is 235 Å². The number of rotatable bonds is 5. The summed E-state index contributed by atoms with van der Waals surface area (Å²) in [4.78, 5) is 0. The van der Waals surface area contributed by atoms with E-state index in [1.54, 1.807) is 13.1 Å². The minimum absolute atomic E-state index is 0. The van der Waals surface area contributed by atoms with Crippen LogP contribution in [0.25, 0.3) is 0 Å². The molecule has 10 radical (unpaired) electrons. The van der Waals surface area contributed by atoms with Gasteiger partial charge < -0.3 is 0 Å². The first kappa shape index (κ1) is 29.1. The average Bonchev–Trinajstić information content (AvgIpc) is 3.74. The van der Waals surface area contributed by atoms with Crippen LogP contribution in [-0.4, -0.2) is 0 Å². The van der Waals surface area contributed by atoms with Gasteiger partial charge >= 0.3 is 17.1 Å². The number of hydrogen-bond donors (Lipinski definition) is 0. The van der Waals surface area contributed by atoms with E-state index < -0.39 is 0 Å². The fourth-order valence-corrected chi connectivity index (χ4v) is 5.34. The van der Waals surface area contributed by atoms with Crippen LogP contribution in [0.15, 0.2) is 152 Å². The molecule has 1 aliphatic carbocycles. The van der Waals surface area contributed by atoms with Crippen LogP contribution in [0.3, 0.4) is 0 Å². The SMILES string of the molecule is [CH]1[CH][CH][N][CH]1.[Fe+2].c1ccc([C]2[C](c3ccccc3)[C](c3ccccc3)[C](c3ccccc3)[C]2c2ccccc2)cc1. The maximum Gasteiger partial charge on any atom is 2.00 e. The van der Waals surface area contributed by atoms with Crippen molar-refractivity contribution < 1.29 is 17.1 Å². The van der Waals surface area contributed by atoms with E-state index in [4.69, 9.17) is 0 Å². The van der Waals surface area contributed by atoms with E-state index in [0.29, 0.717) is 0 Å². The summed E-state index contributed by atoms with van der Waals surface area (Å²) in [7, 11) is 0. The van der Waals surface area contributed by atoms with Gasteiger partial charge in [0.1, 0.15) is 0 Å². The van der Waals surface area contributed by atoms with E-state index >= 15 is 0 Å². The molecule has 2 heteroatoms. The van der Waals surface area contributed by atoms with Crippen molar-refractivity contribution in [1.82, 2.24) is 5.32 Å². The summed E-state index contributed by atoms with van der Waals surface area (Å²) < 4.78 is 0. The molecule has 1 saturated carbocycles. The molecule has 196 valence electrons. The van der Waals surface area contributed by atoms with Crippen LogP contribution in [0.4, 0.5) is 0 Å². The Morgan fingerprint density at radius 3 is 0.610 bits per heavy atom. The normalized spacial score (nSPS) is 16.6. The largest absolute Gasteiger partial charge is 2.00 e. The Labute approximate surface area is 256 Å². The smallest absolute Gasteiger partial charge is 0.231 e. The summed E-state index contributed by atoms with van der Waals surface area (Å²) in [5.41, 5.74) is 6.13. The molecule has 2 aliphatic rings. The summed E-state index contributed by atoms with van der Waals surface area (Å²) >= 11 is 0. The van der Waals surface area contributed by atoms with E-state index in [2.05, 4.69) is 157 Å². The molecule has 0 bridgehead atoms. The van der Waals surface area contributed by atoms with Crippen molar-refractivity contribution in [1.29, 1.82) is 0 Å². The predicted octanol–water partition coefficient (Wildman–Crippen LogP) is 8.45. The molecular weight excluding hydrogens is 538 g/mol. The van der Waals surface area contributed by atoms with Crippen LogP contribution >= 0.6 is 0 Å². The molecule has 2 fully saturated rings. The molecule has 0 spiro atoms. The van der Waals surface area contributed by atoms with Gasteiger partial charge in [-0.3, -0.25) is 0 Å². The van der Waals surface area contributed by atoms with Gasteiger partial charge in [0.25, 0.3) is 0 Å². The Morgan fingerprint density at radius 1 is 0.268 bits per heavy atom. The number of benzene rings is 5. The van der Waals surface area contributed by atoms with E-state index in [0.717, 1.165) is 0 Å². The van der Waals surface area contributed by atoms with Crippen LogP contribution in [-0.2, 0) is 17.1 Å². The van der Waals surface area contributed by atoms with Gasteiger partial charge in [0.2, 0.25) is 0 Å². The zero-order chi connectivity index (χ0) is 27.0. The van der Waals surface area contributed by atoms with Crippen molar-refractivity contribution in [2.24, 2.45) is 0 Å². The Balaban J connectivity index is 0.000000510. The summed E-state index contributed by atoms with van der Waals surface area (Å²) in [6, 6.07) is 54.1. The standard InChI is InChI=1S/C35H25.C4H4N.Fe/c1-6-16-26(17-7-1)31-32(27-18-8-2-9-19-27)34(29-22-12-4-13-23-29)35(30-24-14-5-15-25-30)33(31)28-20-10-3-11-21-28;1-2-4-5-3-1;/h1-25H;1-4H;/q;;+2. The Bertz CT molecular complexity index is 1150. The molecule has 41 heavy (non-hydrogen) atoms. The van der Waals surface area contributed by atoms with Crippen LogP contribution in [0.5, 0.6) is 0 Å². The van der Waals surface area contributed by atoms with Gasteiger partial charge in [0, 0.05) is 42.7 Å². The molecule has 0 aromatic heterocycles. The van der Waals surface area contributed by atoms with Gasteiger partial charge in [-0.05, 0) is 40.7 Å². The molecule has 0 unspecified atom stereocenters. The zero-order valence-corrected chi connectivity index (χ0v) is 23.6. The van der Waals surface area contributed by atoms with Crippen molar-refractivity contribution in [3.8, 4) is 0 Å². The minimum Gasteiger partial charge on any atom is -0.231 e. The molecule has 0 N–H and O–H groups in total. The first-order valence-electron chi connectivity index (χ1n) is 13.6. The summed E-state index contributed by atoms with van der Waals surface area (Å²) in [6.07, 6.45) is 3.78. The predicted molar refractivity (Wildman–Crippen MR) is 163 cm³/mol. The van der Waals surface area contributed by atoms with Gasteiger partial charge in [-0.15, -0.1) is 0 Å². The molecule has 1 nitrogen and oxygen atoms in total. The van der Waals surface area contributed by atoms with Crippen molar-refractivity contribution >= 4 is 0 Å². The van der Waals surface area contributed by atoms with E-state index in [1.807, 2.05) is 12.8 Å². The molecule has 5 aromatic rings. The van der Waals surface area contributed by atoms with Crippen molar-refractivity contribution in [2.45, 2.75) is 0 Å². The van der Waals surface area contributed by atoms with Crippen LogP contribution in [0.2, 0.25) is 0 Å². The van der Waals surface area contributed by atoms with Gasteiger partial charge in [-0.1, -0.05) is 152 Å². The third-order valence-corrected chi connectivity index (χ3v) is 7.02. The molecule has 1 aliphatic heterocycles. The molecule has 5 aromatic carbocycles. The molecular formula is C39H29FeN+2. The van der Waals surface area contributed by atoms with E-state index in [-0.39, 0.29) is 17.1 Å². The maximum absolute atomic E-state index is 3.72. The van der Waals surface area contributed by atoms with Crippen LogP contribution in [0.1, 0.15) is 27.8 Å². The van der Waals surface area contributed by atoms with Crippen molar-refractivity contribution in [2.75, 3.05) is 0 Å². The second-order valence-electron chi connectivity index (χ2n) is 9.54. The monoisotopic (exact) mass is 567 g/mol. The van der Waals surface area contributed by atoms with Gasteiger partial charge in [0.15, 0.2) is 0 Å². The summed E-state index contributed by atoms with van der Waals surface area (Å²) in [5, 5.41) is 3.72. The molecule has 7 rings (SSSR count). The van der Waals surface area contributed by atoms with Crippen molar-refractivity contribution in [3.63, 3.8) is 0 Å². The molecule has 1 saturated heterocycles. The Hall–Kier alpha value is -3.42. The number of nitrogens with zero attached hydrogens (tertiary/aromatic N) is 1. The minimum atomic E-state index is 0. The Morgan fingerprint density at radius 2 is 0.463 bits per heavy atom. The maximum atomic E-state index is 3.72. The third-order valence-electron chi connectivity index (χ3n) is 7.02. The van der Waals surface area contributed by atoms with Crippen LogP contribution in [0, 0.1) is 55.5 Å². The fraction of sp³-hybridized carbons (Fsp3) is 0. The van der Waals surface area contributed by atoms with Gasteiger partial charge in [0.05, 0.1) is 0 Å². The summed E-state index contributed by atoms with van der Waals surface area (Å²) in [6.45, 7) is 3.50. The topological polar surface area (TPSA) is 14.1 Å². The molecule has 1 heterocycles. The second-order valence-corrected chi connectivity index (χ2v) is 9.54. The third kappa shape index (κ3) is 6.57. The second kappa shape index (κ2) is 14.5. The van der Waals surface area contributed by atoms with Gasteiger partial charge in [-0.25, -0.2) is 5.32 Å². The van der Waals surface area contributed by atoms with Gasteiger partial charge in [-0.2, -0.15) is 0 Å². The van der Waals surface area contributed by atoms with Crippen LogP contribution < -0.4 is 5.32 Å². The molecule has 0 amide bonds. The quantitative estimate of drug-likeness (QED) is 0.189. The van der Waals surface area contributed by atoms with E-state index in [1.165, 1.54) is 57.4 Å². The summed E-state index contributed by atoms with van der Waals surface area (Å²) in [5.74, 6) is 6.39. The molecule has 0 atom stereocenters. The fourth-order valence-electron chi connectivity index (χ4n) is 5.34. The number of hydrogen-bond acceptors (Lipinski definition) is 0. The first-order valence-corrected chi connectivity index (χ1v) is 13.6.